The lowest BCUT2D eigenvalue weighted by Gasteiger charge is -2.34. The molecule has 0 aliphatic carbocycles. The van der Waals surface area contributed by atoms with E-state index in [4.69, 9.17) is 12.2 Å². The minimum Gasteiger partial charge on any atom is -0.336 e. The van der Waals surface area contributed by atoms with Crippen LogP contribution in [0.5, 0.6) is 0 Å². The van der Waals surface area contributed by atoms with Crippen LogP contribution in [0.15, 0.2) is 59.4 Å². The van der Waals surface area contributed by atoms with Crippen molar-refractivity contribution in [3.05, 3.63) is 75.3 Å². The molecule has 8 nitrogen and oxygen atoms in total. The van der Waals surface area contributed by atoms with Gasteiger partial charge in [0.2, 0.25) is 10.5 Å². The van der Waals surface area contributed by atoms with E-state index < -0.39 is 0 Å². The van der Waals surface area contributed by atoms with Crippen LogP contribution in [-0.2, 0) is 13.7 Å². The summed E-state index contributed by atoms with van der Waals surface area (Å²) in [7, 11) is 1.71. The van der Waals surface area contributed by atoms with Crippen LogP contribution in [0, 0.1) is 4.77 Å². The molecule has 2 aromatic carbocycles. The molecule has 5 rings (SSSR count). The average Bonchev–Trinajstić information content (AvgIpc) is 3.14. The molecule has 9 heteroatoms. The molecule has 0 N–H and O–H groups in total. The maximum absolute atomic E-state index is 12.7. The summed E-state index contributed by atoms with van der Waals surface area (Å²) in [5, 5.41) is 5.25. The number of carbonyl (C=O) groups excluding carboxylic acids is 1. The number of amides is 1. The van der Waals surface area contributed by atoms with E-state index in [2.05, 4.69) is 10.00 Å². The smallest absolute Gasteiger partial charge is 0.262 e. The zero-order valence-electron chi connectivity index (χ0n) is 17.1. The van der Waals surface area contributed by atoms with Crippen molar-refractivity contribution in [1.82, 2.24) is 28.5 Å². The van der Waals surface area contributed by atoms with Crippen molar-refractivity contribution in [1.29, 1.82) is 0 Å². The van der Waals surface area contributed by atoms with Gasteiger partial charge in [0, 0.05) is 38.8 Å². The molecule has 1 aliphatic rings. The number of aryl methyl sites for hydroxylation is 1. The van der Waals surface area contributed by atoms with E-state index in [9.17, 15) is 9.59 Å². The highest BCUT2D eigenvalue weighted by molar-refractivity contribution is 7.71. The highest BCUT2D eigenvalue weighted by atomic mass is 32.1. The molecule has 4 aromatic rings. The van der Waals surface area contributed by atoms with Crippen LogP contribution in [0.1, 0.15) is 10.4 Å². The molecule has 0 atom stereocenters. The zero-order chi connectivity index (χ0) is 21.5. The van der Waals surface area contributed by atoms with Gasteiger partial charge in [-0.05, 0) is 36.5 Å². The standard InChI is InChI=1S/C22H22N6O2S/c1-24-20(30)17-9-5-6-10-18(17)28-21(24)23-27(22(28)31)15-25-11-13-26(14-12-25)19(29)16-7-3-2-4-8-16/h2-10H,11-15H2,1H3. The second-order valence-corrected chi connectivity index (χ2v) is 8.08. The number of benzene rings is 2. The van der Waals surface area contributed by atoms with Crippen molar-refractivity contribution >= 4 is 34.8 Å². The molecule has 1 saturated heterocycles. The van der Waals surface area contributed by atoms with Crippen LogP contribution in [0.3, 0.4) is 0 Å². The Balaban J connectivity index is 1.39. The van der Waals surface area contributed by atoms with Crippen molar-refractivity contribution in [2.24, 2.45) is 7.05 Å². The number of nitrogens with zero attached hydrogens (tertiary/aromatic N) is 6. The van der Waals surface area contributed by atoms with Gasteiger partial charge >= 0.3 is 0 Å². The second-order valence-electron chi connectivity index (χ2n) is 7.72. The van der Waals surface area contributed by atoms with Crippen LogP contribution in [0.25, 0.3) is 16.7 Å². The SMILES string of the molecule is Cn1c(=O)c2ccccc2n2c(=S)n(CN3CCN(C(=O)c4ccccc4)CC3)nc12. The Morgan fingerprint density at radius 2 is 1.68 bits per heavy atom. The van der Waals surface area contributed by atoms with E-state index >= 15 is 0 Å². The Morgan fingerprint density at radius 3 is 2.42 bits per heavy atom. The number of piperazine rings is 1. The number of hydrogen-bond donors (Lipinski definition) is 0. The number of fused-ring (bicyclic) bond motifs is 3. The Hall–Kier alpha value is -3.30. The molecule has 1 aliphatic heterocycles. The molecule has 1 amide bonds. The molecule has 0 bridgehead atoms. The molecular formula is C22H22N6O2S. The molecular weight excluding hydrogens is 412 g/mol. The van der Waals surface area contributed by atoms with Crippen LogP contribution >= 0.6 is 12.2 Å². The van der Waals surface area contributed by atoms with Crippen LogP contribution in [0.4, 0.5) is 0 Å². The van der Waals surface area contributed by atoms with E-state index in [-0.39, 0.29) is 11.5 Å². The Kier molecular flexibility index (Phi) is 4.91. The fourth-order valence-corrected chi connectivity index (χ4v) is 4.36. The van der Waals surface area contributed by atoms with Gasteiger partial charge < -0.3 is 4.90 Å². The van der Waals surface area contributed by atoms with Crippen LogP contribution in [0.2, 0.25) is 0 Å². The molecule has 0 spiro atoms. The van der Waals surface area contributed by atoms with Crippen molar-refractivity contribution in [3.63, 3.8) is 0 Å². The van der Waals surface area contributed by atoms with E-state index in [0.717, 1.165) is 18.6 Å². The molecule has 1 fully saturated rings. The van der Waals surface area contributed by atoms with Gasteiger partial charge in [-0.15, -0.1) is 5.10 Å². The molecule has 31 heavy (non-hydrogen) atoms. The van der Waals surface area contributed by atoms with Gasteiger partial charge in [-0.3, -0.25) is 23.5 Å². The first-order valence-electron chi connectivity index (χ1n) is 10.2. The van der Waals surface area contributed by atoms with E-state index in [1.54, 1.807) is 17.8 Å². The Morgan fingerprint density at radius 1 is 1.00 bits per heavy atom. The first-order valence-corrected chi connectivity index (χ1v) is 10.6. The lowest BCUT2D eigenvalue weighted by Crippen LogP contribution is -2.49. The second kappa shape index (κ2) is 7.75. The van der Waals surface area contributed by atoms with Crippen LogP contribution < -0.4 is 5.56 Å². The summed E-state index contributed by atoms with van der Waals surface area (Å²) in [6.45, 7) is 3.27. The summed E-state index contributed by atoms with van der Waals surface area (Å²) in [6.07, 6.45) is 0. The summed E-state index contributed by atoms with van der Waals surface area (Å²) in [5.74, 6) is 0.581. The highest BCUT2D eigenvalue weighted by Gasteiger charge is 2.23. The van der Waals surface area contributed by atoms with Gasteiger partial charge in [0.1, 0.15) is 0 Å². The zero-order valence-corrected chi connectivity index (χ0v) is 18.0. The van der Waals surface area contributed by atoms with Crippen molar-refractivity contribution < 1.29 is 4.79 Å². The maximum Gasteiger partial charge on any atom is 0.262 e. The first-order chi connectivity index (χ1) is 15.0. The molecule has 3 heterocycles. The van der Waals surface area contributed by atoms with E-state index in [1.807, 2.05) is 57.8 Å². The van der Waals surface area contributed by atoms with Gasteiger partial charge in [-0.1, -0.05) is 30.3 Å². The average molecular weight is 435 g/mol. The summed E-state index contributed by atoms with van der Waals surface area (Å²) in [6, 6.07) is 16.8. The lowest BCUT2D eigenvalue weighted by molar-refractivity contribution is 0.0585. The molecule has 0 saturated carbocycles. The van der Waals surface area contributed by atoms with Crippen LogP contribution in [-0.4, -0.2) is 60.6 Å². The predicted molar refractivity (Wildman–Crippen MR) is 121 cm³/mol. The number of rotatable bonds is 3. The number of hydrogen-bond acceptors (Lipinski definition) is 5. The predicted octanol–water partition coefficient (Wildman–Crippen LogP) is 2.13. The third-order valence-electron chi connectivity index (χ3n) is 5.82. The number of carbonyl (C=O) groups is 1. The van der Waals surface area contributed by atoms with Crippen molar-refractivity contribution in [2.75, 3.05) is 26.2 Å². The summed E-state index contributed by atoms with van der Waals surface area (Å²) in [5.41, 5.74) is 1.38. The molecule has 0 radical (unpaired) electrons. The first kappa shape index (κ1) is 19.7. The largest absolute Gasteiger partial charge is 0.336 e. The maximum atomic E-state index is 12.7. The van der Waals surface area contributed by atoms with Gasteiger partial charge in [-0.2, -0.15) is 0 Å². The topological polar surface area (TPSA) is 67.8 Å². The lowest BCUT2D eigenvalue weighted by atomic mass is 10.2. The summed E-state index contributed by atoms with van der Waals surface area (Å²) < 4.78 is 5.68. The third-order valence-corrected chi connectivity index (χ3v) is 6.21. The third kappa shape index (κ3) is 3.35. The minimum absolute atomic E-state index is 0.0612. The molecule has 2 aromatic heterocycles. The molecule has 158 valence electrons. The van der Waals surface area contributed by atoms with Gasteiger partial charge in [-0.25, -0.2) is 4.68 Å². The Labute approximate surface area is 183 Å². The van der Waals surface area contributed by atoms with E-state index in [1.165, 1.54) is 4.57 Å². The Bertz CT molecular complexity index is 1400. The van der Waals surface area contributed by atoms with Crippen molar-refractivity contribution in [3.8, 4) is 0 Å². The molecule has 0 unspecified atom stereocenters. The highest BCUT2D eigenvalue weighted by Crippen LogP contribution is 2.15. The van der Waals surface area contributed by atoms with Gasteiger partial charge in [0.05, 0.1) is 17.6 Å². The van der Waals surface area contributed by atoms with E-state index in [0.29, 0.717) is 41.3 Å². The summed E-state index contributed by atoms with van der Waals surface area (Å²) in [4.78, 5) is 29.5. The normalized spacial score (nSPS) is 15.1. The number of aromatic nitrogens is 4. The summed E-state index contributed by atoms with van der Waals surface area (Å²) >= 11 is 5.71. The monoisotopic (exact) mass is 434 g/mol. The van der Waals surface area contributed by atoms with Gasteiger partial charge in [0.25, 0.3) is 11.5 Å². The van der Waals surface area contributed by atoms with Gasteiger partial charge in [0.15, 0.2) is 0 Å². The minimum atomic E-state index is -0.0942. The quantitative estimate of drug-likeness (QED) is 0.462. The number of para-hydroxylation sites is 1. The van der Waals surface area contributed by atoms with Crippen molar-refractivity contribution in [2.45, 2.75) is 6.67 Å². The fraction of sp³-hybridized carbons (Fsp3) is 0.273. The fourth-order valence-electron chi connectivity index (χ4n) is 4.08.